The van der Waals surface area contributed by atoms with Crippen LogP contribution in [0.1, 0.15) is 52.0 Å². The molecule has 1 unspecified atom stereocenters. The van der Waals surface area contributed by atoms with E-state index in [0.717, 1.165) is 29.0 Å². The number of carbonyl (C=O) groups is 4. The molecule has 4 aromatic heterocycles. The van der Waals surface area contributed by atoms with Gasteiger partial charge in [-0.3, -0.25) is 29.4 Å². The van der Waals surface area contributed by atoms with Crippen LogP contribution in [0.15, 0.2) is 55.1 Å². The highest BCUT2D eigenvalue weighted by Crippen LogP contribution is 2.34. The summed E-state index contributed by atoms with van der Waals surface area (Å²) < 4.78 is 20.3. The first-order chi connectivity index (χ1) is 27.9. The molecule has 0 spiro atoms. The van der Waals surface area contributed by atoms with Crippen LogP contribution in [0.3, 0.4) is 0 Å². The number of hydrogen-bond acceptors (Lipinski definition) is 15. The van der Waals surface area contributed by atoms with Gasteiger partial charge in [0.25, 0.3) is 11.8 Å². The highest BCUT2D eigenvalue weighted by atomic mass is 16.5. The molecule has 2 aliphatic heterocycles. The molecule has 19 heteroatoms. The van der Waals surface area contributed by atoms with Crippen molar-refractivity contribution in [3.63, 3.8) is 0 Å². The van der Waals surface area contributed by atoms with Gasteiger partial charge in [0.1, 0.15) is 17.8 Å². The molecule has 1 atom stereocenters. The molecule has 1 aromatic carbocycles. The van der Waals surface area contributed by atoms with Crippen molar-refractivity contribution in [1.29, 1.82) is 5.26 Å². The molecule has 19 nitrogen and oxygen atoms in total. The Labute approximate surface area is 325 Å². The predicted octanol–water partition coefficient (Wildman–Crippen LogP) is 2.08. The van der Waals surface area contributed by atoms with Crippen LogP contribution >= 0.6 is 0 Å². The second-order valence-corrected chi connectivity index (χ2v) is 13.6. The summed E-state index contributed by atoms with van der Waals surface area (Å²) in [5, 5.41) is 32.1. The van der Waals surface area contributed by atoms with Crippen LogP contribution in [0, 0.1) is 11.3 Å². The average molecular weight is 775 g/mol. The van der Waals surface area contributed by atoms with Crippen LogP contribution in [0.25, 0.3) is 28.1 Å². The van der Waals surface area contributed by atoms with E-state index in [1.54, 1.807) is 52.2 Å². The van der Waals surface area contributed by atoms with E-state index < -0.39 is 29.7 Å². The number of amides is 4. The maximum absolute atomic E-state index is 13.2. The van der Waals surface area contributed by atoms with Gasteiger partial charge in [0.2, 0.25) is 11.8 Å². The number of carbonyl (C=O) groups excluding carboxylic acids is 4. The number of nitrogens with one attached hydrogen (secondary N) is 3. The number of ether oxygens (including phenoxy) is 3. The van der Waals surface area contributed by atoms with Crippen LogP contribution < -0.4 is 16.0 Å². The van der Waals surface area contributed by atoms with Gasteiger partial charge in [0.05, 0.1) is 80.7 Å². The van der Waals surface area contributed by atoms with Crippen LogP contribution in [0.2, 0.25) is 0 Å². The van der Waals surface area contributed by atoms with Gasteiger partial charge in [-0.25, -0.2) is 14.6 Å². The van der Waals surface area contributed by atoms with Gasteiger partial charge < -0.3 is 24.8 Å². The van der Waals surface area contributed by atoms with Crippen LogP contribution in [-0.2, 0) is 30.3 Å². The predicted molar refractivity (Wildman–Crippen MR) is 201 cm³/mol. The zero-order valence-corrected chi connectivity index (χ0v) is 30.7. The number of benzene rings is 1. The van der Waals surface area contributed by atoms with Crippen molar-refractivity contribution < 1.29 is 33.4 Å². The third-order valence-electron chi connectivity index (χ3n) is 9.69. The van der Waals surface area contributed by atoms with Crippen molar-refractivity contribution in [1.82, 2.24) is 45.0 Å². The molecule has 2 fully saturated rings. The molecule has 1 aliphatic carbocycles. The van der Waals surface area contributed by atoms with E-state index in [0.29, 0.717) is 92.6 Å². The molecule has 3 aliphatic rings. The topological polar surface area (TPSA) is 233 Å². The Bertz CT molecular complexity index is 2380. The standard InChI is InChI=1S/C38H38N12O7/c39-19-23-8-9-41-35-26(23)21-43-50(35)32-18-29(44-24-4-5-24)27(20-42-32)30-22-48(47-46-30)11-13-56-15-17-57-16-14-55-12-10-40-28-3-1-2-25-34(28)38(54)49(37(25)53)31-6-7-33(51)45-36(31)52/h1-3,8-9,18,20-22,24,31,40H,4-7,10-17H2,(H,42,44)(H,45,51,52). The number of aromatic nitrogens is 7. The average Bonchev–Trinajstić information content (AvgIpc) is 3.61. The van der Waals surface area contributed by atoms with E-state index in [-0.39, 0.29) is 24.0 Å². The molecule has 0 radical (unpaired) electrons. The third-order valence-corrected chi connectivity index (χ3v) is 9.69. The maximum Gasteiger partial charge on any atom is 0.264 e. The second-order valence-electron chi connectivity index (χ2n) is 13.6. The van der Waals surface area contributed by atoms with Gasteiger partial charge in [-0.2, -0.15) is 15.0 Å². The van der Waals surface area contributed by atoms with Crippen molar-refractivity contribution >= 4 is 46.0 Å². The molecular weight excluding hydrogens is 736 g/mol. The molecule has 292 valence electrons. The summed E-state index contributed by atoms with van der Waals surface area (Å²) >= 11 is 0. The fourth-order valence-electron chi connectivity index (χ4n) is 6.68. The minimum Gasteiger partial charge on any atom is -0.382 e. The van der Waals surface area contributed by atoms with E-state index in [4.69, 9.17) is 14.2 Å². The first kappa shape index (κ1) is 37.3. The zero-order valence-electron chi connectivity index (χ0n) is 30.7. The van der Waals surface area contributed by atoms with Crippen molar-refractivity contribution in [3.8, 4) is 23.1 Å². The summed E-state index contributed by atoms with van der Waals surface area (Å²) in [6.45, 7) is 3.08. The summed E-state index contributed by atoms with van der Waals surface area (Å²) in [7, 11) is 0. The van der Waals surface area contributed by atoms with Crippen LogP contribution in [0.5, 0.6) is 0 Å². The summed E-state index contributed by atoms with van der Waals surface area (Å²) in [6, 6.07) is 10.0. The minimum absolute atomic E-state index is 0.0587. The fraction of sp³-hybridized carbons (Fsp3) is 0.368. The number of fused-ring (bicyclic) bond motifs is 2. The van der Waals surface area contributed by atoms with Gasteiger partial charge in [0, 0.05) is 54.4 Å². The molecule has 5 aromatic rings. The van der Waals surface area contributed by atoms with E-state index in [2.05, 4.69) is 47.4 Å². The SMILES string of the molecule is N#Cc1ccnc2c1cnn2-c1cc(NC2CC2)c(-c2cn(CCOCCOCCOCCNc3cccc4c3C(=O)N(C3CCC(=O)NC3=O)C4=O)nn2)cn1. The number of nitriles is 1. The van der Waals surface area contributed by atoms with Crippen LogP contribution in [-0.4, -0.2) is 122 Å². The molecular formula is C38H38N12O7. The third kappa shape index (κ3) is 8.05. The lowest BCUT2D eigenvalue weighted by Gasteiger charge is -2.27. The van der Waals surface area contributed by atoms with E-state index >= 15 is 0 Å². The monoisotopic (exact) mass is 774 g/mol. The Balaban J connectivity index is 0.736. The fourth-order valence-corrected chi connectivity index (χ4v) is 6.68. The number of piperidine rings is 1. The van der Waals surface area contributed by atoms with Gasteiger partial charge >= 0.3 is 0 Å². The van der Waals surface area contributed by atoms with Crippen molar-refractivity contribution in [3.05, 3.63) is 71.8 Å². The summed E-state index contributed by atoms with van der Waals surface area (Å²) in [5.41, 5.74) is 4.26. The molecule has 8 rings (SSSR count). The number of imide groups is 2. The Hall–Kier alpha value is -6.62. The van der Waals surface area contributed by atoms with Crippen molar-refractivity contribution in [2.75, 3.05) is 56.8 Å². The Morgan fingerprint density at radius 2 is 1.70 bits per heavy atom. The van der Waals surface area contributed by atoms with Crippen LogP contribution in [0.4, 0.5) is 11.4 Å². The second kappa shape index (κ2) is 16.6. The van der Waals surface area contributed by atoms with Gasteiger partial charge in [-0.15, -0.1) is 5.10 Å². The minimum atomic E-state index is -1.02. The van der Waals surface area contributed by atoms with E-state index in [1.165, 1.54) is 0 Å². The first-order valence-electron chi connectivity index (χ1n) is 18.6. The smallest absolute Gasteiger partial charge is 0.264 e. The Morgan fingerprint density at radius 1 is 0.895 bits per heavy atom. The number of pyridine rings is 2. The normalized spacial score (nSPS) is 16.5. The lowest BCUT2D eigenvalue weighted by Crippen LogP contribution is -2.54. The summed E-state index contributed by atoms with van der Waals surface area (Å²) in [4.78, 5) is 60.2. The van der Waals surface area contributed by atoms with Crippen molar-refractivity contribution in [2.24, 2.45) is 0 Å². The number of hydrogen-bond donors (Lipinski definition) is 3. The molecule has 3 N–H and O–H groups in total. The molecule has 6 heterocycles. The van der Waals surface area contributed by atoms with E-state index in [1.807, 2.05) is 12.3 Å². The summed E-state index contributed by atoms with van der Waals surface area (Å²) in [6.07, 6.45) is 9.11. The zero-order chi connectivity index (χ0) is 39.3. The first-order valence-corrected chi connectivity index (χ1v) is 18.6. The molecule has 57 heavy (non-hydrogen) atoms. The number of rotatable bonds is 18. The lowest BCUT2D eigenvalue weighted by atomic mass is 10.0. The number of nitrogens with zero attached hydrogens (tertiary/aromatic N) is 9. The summed E-state index contributed by atoms with van der Waals surface area (Å²) in [5.74, 6) is -1.62. The Kier molecular flexibility index (Phi) is 10.9. The maximum atomic E-state index is 13.2. The van der Waals surface area contributed by atoms with Gasteiger partial charge in [0.15, 0.2) is 11.5 Å². The van der Waals surface area contributed by atoms with Gasteiger partial charge in [-0.05, 0) is 37.5 Å². The van der Waals surface area contributed by atoms with Gasteiger partial charge in [-0.1, -0.05) is 11.3 Å². The lowest BCUT2D eigenvalue weighted by molar-refractivity contribution is -0.136. The molecule has 0 bridgehead atoms. The quantitative estimate of drug-likeness (QED) is 0.0854. The van der Waals surface area contributed by atoms with E-state index in [9.17, 15) is 24.4 Å². The highest BCUT2D eigenvalue weighted by molar-refractivity contribution is 6.25. The number of anilines is 2. The Morgan fingerprint density at radius 3 is 2.49 bits per heavy atom. The van der Waals surface area contributed by atoms with Crippen molar-refractivity contribution in [2.45, 2.75) is 44.3 Å². The largest absolute Gasteiger partial charge is 0.382 e. The highest BCUT2D eigenvalue weighted by Gasteiger charge is 2.45. The molecule has 1 saturated carbocycles. The molecule has 1 saturated heterocycles. The molecule has 4 amide bonds.